The van der Waals surface area contributed by atoms with E-state index in [1.807, 2.05) is 30.1 Å². The van der Waals surface area contributed by atoms with Crippen molar-refractivity contribution in [2.45, 2.75) is 31.1 Å². The summed E-state index contributed by atoms with van der Waals surface area (Å²) in [6.45, 7) is 0. The second-order valence-corrected chi connectivity index (χ2v) is 5.64. The van der Waals surface area contributed by atoms with Crippen LogP contribution in [0, 0.1) is 0 Å². The summed E-state index contributed by atoms with van der Waals surface area (Å²) in [6.07, 6.45) is 4.35. The van der Waals surface area contributed by atoms with E-state index in [0.29, 0.717) is 0 Å². The van der Waals surface area contributed by atoms with Gasteiger partial charge in [0.2, 0.25) is 5.91 Å². The van der Waals surface area contributed by atoms with Crippen molar-refractivity contribution in [1.82, 2.24) is 0 Å². The number of hydrogen-bond acceptors (Lipinski definition) is 1. The molecule has 1 aliphatic carbocycles. The summed E-state index contributed by atoms with van der Waals surface area (Å²) >= 11 is 3.61. The number of fused-ring (bicyclic) bond motifs is 2. The minimum Gasteiger partial charge on any atom is -0.314 e. The van der Waals surface area contributed by atoms with Gasteiger partial charge in [0, 0.05) is 22.8 Å². The van der Waals surface area contributed by atoms with Crippen LogP contribution in [0.3, 0.4) is 0 Å². The maximum atomic E-state index is 12.4. The van der Waals surface area contributed by atoms with E-state index in [-0.39, 0.29) is 11.3 Å². The Morgan fingerprint density at radius 3 is 2.69 bits per heavy atom. The first-order valence-corrected chi connectivity index (χ1v) is 6.53. The Hall–Kier alpha value is -0.830. The third-order valence-corrected chi connectivity index (χ3v) is 4.66. The summed E-state index contributed by atoms with van der Waals surface area (Å²) in [5, 5.41) is 0. The predicted molar refractivity (Wildman–Crippen MR) is 67.7 cm³/mol. The Balaban J connectivity index is 2.27. The van der Waals surface area contributed by atoms with Gasteiger partial charge in [-0.25, -0.2) is 0 Å². The lowest BCUT2D eigenvalue weighted by Crippen LogP contribution is -2.36. The minimum absolute atomic E-state index is 0.218. The van der Waals surface area contributed by atoms with Gasteiger partial charge >= 0.3 is 0 Å². The molecule has 0 saturated heterocycles. The maximum absolute atomic E-state index is 12.4. The number of benzene rings is 1. The molecule has 0 unspecified atom stereocenters. The smallest absolute Gasteiger partial charge is 0.237 e. The number of nitrogens with zero attached hydrogens (tertiary/aromatic N) is 1. The fourth-order valence-corrected chi connectivity index (χ4v) is 3.98. The average Bonchev–Trinajstić information content (AvgIpc) is 2.83. The number of amides is 1. The SMILES string of the molecule is CN1C(=O)C2(CCCC2)c2c(Br)cccc21. The number of halogens is 1. The van der Waals surface area contributed by atoms with Crippen molar-refractivity contribution < 1.29 is 4.79 Å². The van der Waals surface area contributed by atoms with Crippen molar-refractivity contribution >= 4 is 27.5 Å². The Labute approximate surface area is 104 Å². The molecule has 16 heavy (non-hydrogen) atoms. The van der Waals surface area contributed by atoms with E-state index >= 15 is 0 Å². The molecule has 0 atom stereocenters. The van der Waals surface area contributed by atoms with Gasteiger partial charge in [0.1, 0.15) is 0 Å². The van der Waals surface area contributed by atoms with E-state index in [9.17, 15) is 4.79 Å². The Bertz CT molecular complexity index is 463. The van der Waals surface area contributed by atoms with Crippen LogP contribution in [0.2, 0.25) is 0 Å². The van der Waals surface area contributed by atoms with E-state index in [1.54, 1.807) is 0 Å². The number of likely N-dealkylation sites (N-methyl/N-ethyl adjacent to an activating group) is 1. The van der Waals surface area contributed by atoms with Crippen LogP contribution >= 0.6 is 15.9 Å². The topological polar surface area (TPSA) is 20.3 Å². The van der Waals surface area contributed by atoms with Gasteiger partial charge in [-0.3, -0.25) is 4.79 Å². The third kappa shape index (κ3) is 1.10. The van der Waals surface area contributed by atoms with Crippen LogP contribution in [0.25, 0.3) is 0 Å². The summed E-state index contributed by atoms with van der Waals surface area (Å²) in [5.41, 5.74) is 2.09. The van der Waals surface area contributed by atoms with Crippen LogP contribution in [-0.4, -0.2) is 13.0 Å². The molecule has 2 nitrogen and oxygen atoms in total. The van der Waals surface area contributed by atoms with Gasteiger partial charge in [0.25, 0.3) is 0 Å². The zero-order valence-electron chi connectivity index (χ0n) is 9.29. The van der Waals surface area contributed by atoms with Gasteiger partial charge in [0.15, 0.2) is 0 Å². The molecule has 3 heteroatoms. The lowest BCUT2D eigenvalue weighted by atomic mass is 9.80. The first kappa shape index (κ1) is 10.3. The van der Waals surface area contributed by atoms with Crippen molar-refractivity contribution in [3.05, 3.63) is 28.2 Å². The average molecular weight is 280 g/mol. The highest BCUT2D eigenvalue weighted by atomic mass is 79.9. The molecule has 1 aromatic rings. The number of rotatable bonds is 0. The first-order valence-electron chi connectivity index (χ1n) is 5.74. The number of carbonyl (C=O) groups is 1. The fourth-order valence-electron chi connectivity index (χ4n) is 3.25. The zero-order valence-corrected chi connectivity index (χ0v) is 10.9. The first-order chi connectivity index (χ1) is 7.67. The normalized spacial score (nSPS) is 21.9. The van der Waals surface area contributed by atoms with Gasteiger partial charge in [-0.1, -0.05) is 34.8 Å². The van der Waals surface area contributed by atoms with Crippen molar-refractivity contribution in [2.75, 3.05) is 11.9 Å². The van der Waals surface area contributed by atoms with Crippen LogP contribution in [0.4, 0.5) is 5.69 Å². The third-order valence-electron chi connectivity index (χ3n) is 4.00. The maximum Gasteiger partial charge on any atom is 0.237 e. The molecule has 1 spiro atoms. The zero-order chi connectivity index (χ0) is 11.3. The Morgan fingerprint density at radius 1 is 1.31 bits per heavy atom. The second-order valence-electron chi connectivity index (χ2n) is 4.79. The molecule has 0 radical (unpaired) electrons. The molecule has 2 aliphatic rings. The van der Waals surface area contributed by atoms with E-state index in [0.717, 1.165) is 23.0 Å². The molecular formula is C13H14BrNO. The van der Waals surface area contributed by atoms with Gasteiger partial charge in [0.05, 0.1) is 5.41 Å². The van der Waals surface area contributed by atoms with E-state index in [1.165, 1.54) is 18.4 Å². The highest BCUT2D eigenvalue weighted by Crippen LogP contribution is 2.53. The summed E-state index contributed by atoms with van der Waals surface area (Å²) in [4.78, 5) is 14.3. The van der Waals surface area contributed by atoms with E-state index < -0.39 is 0 Å². The van der Waals surface area contributed by atoms with Crippen molar-refractivity contribution in [2.24, 2.45) is 0 Å². The summed E-state index contributed by atoms with van der Waals surface area (Å²) in [6, 6.07) is 6.09. The highest BCUT2D eigenvalue weighted by molar-refractivity contribution is 9.10. The summed E-state index contributed by atoms with van der Waals surface area (Å²) in [7, 11) is 1.89. The molecule has 1 heterocycles. The fraction of sp³-hybridized carbons (Fsp3) is 0.462. The predicted octanol–water partition coefficient (Wildman–Crippen LogP) is 3.24. The monoisotopic (exact) mass is 279 g/mol. The molecule has 1 aromatic carbocycles. The molecule has 0 bridgehead atoms. The minimum atomic E-state index is -0.218. The number of anilines is 1. The Kier molecular flexibility index (Phi) is 2.15. The van der Waals surface area contributed by atoms with Crippen LogP contribution in [-0.2, 0) is 10.2 Å². The quantitative estimate of drug-likeness (QED) is 0.714. The largest absolute Gasteiger partial charge is 0.314 e. The molecule has 0 aromatic heterocycles. The second kappa shape index (κ2) is 3.33. The lowest BCUT2D eigenvalue weighted by Gasteiger charge is -2.22. The summed E-state index contributed by atoms with van der Waals surface area (Å²) < 4.78 is 1.09. The molecule has 1 aliphatic heterocycles. The van der Waals surface area contributed by atoms with Gasteiger partial charge in [-0.05, 0) is 25.0 Å². The molecule has 1 amide bonds. The van der Waals surface area contributed by atoms with Crippen LogP contribution in [0.1, 0.15) is 31.2 Å². The molecule has 1 fully saturated rings. The standard InChI is InChI=1S/C13H14BrNO/c1-15-10-6-4-5-9(14)11(10)13(12(15)16)7-2-3-8-13/h4-6H,2-3,7-8H2,1H3. The van der Waals surface area contributed by atoms with E-state index in [4.69, 9.17) is 0 Å². The van der Waals surface area contributed by atoms with Crippen LogP contribution in [0.5, 0.6) is 0 Å². The molecular weight excluding hydrogens is 266 g/mol. The van der Waals surface area contributed by atoms with Gasteiger partial charge in [-0.15, -0.1) is 0 Å². The van der Waals surface area contributed by atoms with Crippen molar-refractivity contribution in [1.29, 1.82) is 0 Å². The van der Waals surface area contributed by atoms with Crippen LogP contribution < -0.4 is 4.90 Å². The number of carbonyl (C=O) groups excluding carboxylic acids is 1. The lowest BCUT2D eigenvalue weighted by molar-refractivity contribution is -0.122. The van der Waals surface area contributed by atoms with Crippen molar-refractivity contribution in [3.63, 3.8) is 0 Å². The van der Waals surface area contributed by atoms with Gasteiger partial charge < -0.3 is 4.90 Å². The van der Waals surface area contributed by atoms with Crippen LogP contribution in [0.15, 0.2) is 22.7 Å². The molecule has 84 valence electrons. The van der Waals surface area contributed by atoms with Gasteiger partial charge in [-0.2, -0.15) is 0 Å². The molecule has 1 saturated carbocycles. The Morgan fingerprint density at radius 2 is 2.00 bits per heavy atom. The number of hydrogen-bond donors (Lipinski definition) is 0. The summed E-state index contributed by atoms with van der Waals surface area (Å²) in [5.74, 6) is 0.284. The van der Waals surface area contributed by atoms with E-state index in [2.05, 4.69) is 15.9 Å². The molecule has 3 rings (SSSR count). The van der Waals surface area contributed by atoms with Crippen molar-refractivity contribution in [3.8, 4) is 0 Å². The molecule has 0 N–H and O–H groups in total. The highest BCUT2D eigenvalue weighted by Gasteiger charge is 2.51.